The highest BCUT2D eigenvalue weighted by molar-refractivity contribution is 5.91. The zero-order valence-corrected chi connectivity index (χ0v) is 18.3. The van der Waals surface area contributed by atoms with Crippen LogP contribution in [0.1, 0.15) is 27.2 Å². The van der Waals surface area contributed by atoms with E-state index in [-0.39, 0.29) is 0 Å². The van der Waals surface area contributed by atoms with Crippen molar-refractivity contribution in [3.05, 3.63) is 120 Å². The number of esters is 1. The van der Waals surface area contributed by atoms with Crippen LogP contribution in [0.25, 0.3) is 11.3 Å². The molecule has 2 N–H and O–H groups in total. The van der Waals surface area contributed by atoms with Crippen molar-refractivity contribution in [2.75, 3.05) is 7.11 Å². The number of nitrogens with one attached hydrogen (secondary N) is 1. The first-order valence-electron chi connectivity index (χ1n) is 10.5. The molecule has 1 aromatic heterocycles. The smallest absolute Gasteiger partial charge is 0.337 e. The van der Waals surface area contributed by atoms with E-state index < -0.39 is 17.5 Å². The molecule has 170 valence electrons. The number of methoxy groups -OCH3 is 1. The normalized spacial score (nSPS) is 11.4. The molecule has 0 unspecified atom stereocenters. The van der Waals surface area contributed by atoms with Gasteiger partial charge in [-0.1, -0.05) is 72.8 Å². The van der Waals surface area contributed by atoms with E-state index in [1.54, 1.807) is 97.1 Å². The van der Waals surface area contributed by atoms with Crippen molar-refractivity contribution >= 4 is 18.1 Å². The Bertz CT molecular complexity index is 1270. The molecule has 1 heterocycles. The molecule has 0 aliphatic heterocycles. The Morgan fingerprint density at radius 1 is 0.912 bits per heavy atom. The number of benzene rings is 3. The van der Waals surface area contributed by atoms with Crippen LogP contribution in [0.3, 0.4) is 0 Å². The van der Waals surface area contributed by atoms with Gasteiger partial charge in [-0.15, -0.1) is 0 Å². The molecule has 0 aliphatic carbocycles. The Hall–Kier alpha value is -4.49. The molecular weight excluding hydrogens is 432 g/mol. The number of amides is 1. The second-order valence-electron chi connectivity index (χ2n) is 7.42. The standard InChI is InChI=1S/C27H22N2O5/c1-33-25(30)20-10-8-9-19(17-20)24-16-15-23(34-24)18-28-29-26(31)27(32,21-11-4-2-5-12-21)22-13-6-3-7-14-22/h2-18,32H,1H3,(H,29,31). The Balaban J connectivity index is 1.53. The monoisotopic (exact) mass is 454 g/mol. The number of hydrogen-bond donors (Lipinski definition) is 2. The Morgan fingerprint density at radius 2 is 1.56 bits per heavy atom. The van der Waals surface area contributed by atoms with Crippen LogP contribution in [0.4, 0.5) is 0 Å². The summed E-state index contributed by atoms with van der Waals surface area (Å²) < 4.78 is 10.5. The fourth-order valence-electron chi connectivity index (χ4n) is 3.52. The number of nitrogens with zero attached hydrogens (tertiary/aromatic N) is 1. The molecule has 0 aliphatic rings. The summed E-state index contributed by atoms with van der Waals surface area (Å²) >= 11 is 0. The van der Waals surface area contributed by atoms with Crippen LogP contribution in [0, 0.1) is 0 Å². The zero-order chi connectivity index (χ0) is 24.0. The summed E-state index contributed by atoms with van der Waals surface area (Å²) in [6.45, 7) is 0. The highest BCUT2D eigenvalue weighted by Gasteiger charge is 2.39. The van der Waals surface area contributed by atoms with E-state index in [9.17, 15) is 14.7 Å². The minimum atomic E-state index is -1.93. The van der Waals surface area contributed by atoms with Gasteiger partial charge in [-0.25, -0.2) is 10.2 Å². The number of aliphatic hydroxyl groups is 1. The molecule has 0 spiro atoms. The second kappa shape index (κ2) is 9.97. The van der Waals surface area contributed by atoms with Crippen LogP contribution in [0.5, 0.6) is 0 Å². The van der Waals surface area contributed by atoms with Crippen molar-refractivity contribution in [3.63, 3.8) is 0 Å². The van der Waals surface area contributed by atoms with Gasteiger partial charge in [-0.3, -0.25) is 4.79 Å². The van der Waals surface area contributed by atoms with Gasteiger partial charge in [-0.2, -0.15) is 5.10 Å². The number of furan rings is 1. The quantitative estimate of drug-likeness (QED) is 0.249. The molecule has 7 nitrogen and oxygen atoms in total. The van der Waals surface area contributed by atoms with Gasteiger partial charge in [0, 0.05) is 5.56 Å². The van der Waals surface area contributed by atoms with E-state index in [2.05, 4.69) is 10.5 Å². The summed E-state index contributed by atoms with van der Waals surface area (Å²) in [6, 6.07) is 27.6. The molecule has 0 radical (unpaired) electrons. The highest BCUT2D eigenvalue weighted by Crippen LogP contribution is 2.30. The third-order valence-corrected chi connectivity index (χ3v) is 5.26. The first kappa shape index (κ1) is 22.7. The molecule has 0 saturated carbocycles. The molecule has 34 heavy (non-hydrogen) atoms. The van der Waals surface area contributed by atoms with Crippen LogP contribution in [0.15, 0.2) is 107 Å². The van der Waals surface area contributed by atoms with Gasteiger partial charge < -0.3 is 14.3 Å². The molecule has 1 amide bonds. The van der Waals surface area contributed by atoms with E-state index in [4.69, 9.17) is 9.15 Å². The van der Waals surface area contributed by atoms with Crippen molar-refractivity contribution in [2.24, 2.45) is 5.10 Å². The lowest BCUT2D eigenvalue weighted by Gasteiger charge is -2.26. The number of carbonyl (C=O) groups is 2. The third-order valence-electron chi connectivity index (χ3n) is 5.26. The SMILES string of the molecule is COC(=O)c1cccc(-c2ccc(C=NNC(=O)C(O)(c3ccccc3)c3ccccc3)o2)c1. The first-order chi connectivity index (χ1) is 16.5. The van der Waals surface area contributed by atoms with Gasteiger partial charge in [0.1, 0.15) is 11.5 Å². The average Bonchev–Trinajstić information content (AvgIpc) is 3.37. The molecule has 0 bridgehead atoms. The van der Waals surface area contributed by atoms with E-state index in [1.165, 1.54) is 13.3 Å². The largest absolute Gasteiger partial charge is 0.465 e. The van der Waals surface area contributed by atoms with Gasteiger partial charge in [0.05, 0.1) is 18.9 Å². The van der Waals surface area contributed by atoms with Crippen molar-refractivity contribution in [2.45, 2.75) is 5.60 Å². The van der Waals surface area contributed by atoms with Crippen LogP contribution in [-0.2, 0) is 15.1 Å². The second-order valence-corrected chi connectivity index (χ2v) is 7.42. The lowest BCUT2D eigenvalue weighted by molar-refractivity contribution is -0.136. The van der Waals surface area contributed by atoms with Crippen LogP contribution < -0.4 is 5.43 Å². The average molecular weight is 454 g/mol. The number of rotatable bonds is 7. The van der Waals surface area contributed by atoms with Crippen molar-refractivity contribution in [1.82, 2.24) is 5.43 Å². The Kier molecular flexibility index (Phi) is 6.66. The van der Waals surface area contributed by atoms with Gasteiger partial charge in [0.15, 0.2) is 5.60 Å². The van der Waals surface area contributed by atoms with Crippen LogP contribution in [0.2, 0.25) is 0 Å². The molecule has 3 aromatic carbocycles. The molecule has 4 rings (SSSR count). The summed E-state index contributed by atoms with van der Waals surface area (Å²) in [7, 11) is 1.32. The summed E-state index contributed by atoms with van der Waals surface area (Å²) in [6.07, 6.45) is 1.34. The van der Waals surface area contributed by atoms with Gasteiger partial charge >= 0.3 is 5.97 Å². The van der Waals surface area contributed by atoms with Crippen LogP contribution in [-0.4, -0.2) is 30.3 Å². The predicted octanol–water partition coefficient (Wildman–Crippen LogP) is 4.12. The fourth-order valence-corrected chi connectivity index (χ4v) is 3.52. The fraction of sp³-hybridized carbons (Fsp3) is 0.0741. The van der Waals surface area contributed by atoms with Gasteiger partial charge in [-0.05, 0) is 35.4 Å². The maximum absolute atomic E-state index is 13.1. The zero-order valence-electron chi connectivity index (χ0n) is 18.3. The van der Waals surface area contributed by atoms with E-state index in [1.807, 2.05) is 0 Å². The number of hydrogen-bond acceptors (Lipinski definition) is 6. The predicted molar refractivity (Wildman–Crippen MR) is 127 cm³/mol. The van der Waals surface area contributed by atoms with Crippen molar-refractivity contribution < 1.29 is 23.8 Å². The third kappa shape index (κ3) is 4.65. The number of carbonyl (C=O) groups excluding carboxylic acids is 2. The van der Waals surface area contributed by atoms with Gasteiger partial charge in [0.25, 0.3) is 5.91 Å². The lowest BCUT2D eigenvalue weighted by Crippen LogP contribution is -2.43. The summed E-state index contributed by atoms with van der Waals surface area (Å²) in [5.74, 6) is -0.258. The molecule has 7 heteroatoms. The molecule has 0 fully saturated rings. The minimum Gasteiger partial charge on any atom is -0.465 e. The topological polar surface area (TPSA) is 101 Å². The first-order valence-corrected chi connectivity index (χ1v) is 10.5. The number of ether oxygens (including phenoxy) is 1. The minimum absolute atomic E-state index is 0.377. The summed E-state index contributed by atoms with van der Waals surface area (Å²) in [4.78, 5) is 24.8. The van der Waals surface area contributed by atoms with E-state index >= 15 is 0 Å². The number of hydrazone groups is 1. The van der Waals surface area contributed by atoms with Crippen molar-refractivity contribution in [1.29, 1.82) is 0 Å². The maximum atomic E-state index is 13.1. The van der Waals surface area contributed by atoms with Gasteiger partial charge in [0.2, 0.25) is 0 Å². The van der Waals surface area contributed by atoms with Crippen LogP contribution >= 0.6 is 0 Å². The molecule has 0 saturated heterocycles. The summed E-state index contributed by atoms with van der Waals surface area (Å²) in [5.41, 5.74) is 2.41. The molecule has 0 atom stereocenters. The lowest BCUT2D eigenvalue weighted by atomic mass is 9.85. The van der Waals surface area contributed by atoms with E-state index in [0.717, 1.165) is 0 Å². The molecular formula is C27H22N2O5. The molecule has 4 aromatic rings. The Labute approximate surface area is 196 Å². The van der Waals surface area contributed by atoms with Crippen molar-refractivity contribution in [3.8, 4) is 11.3 Å². The Morgan fingerprint density at radius 3 is 2.18 bits per heavy atom. The maximum Gasteiger partial charge on any atom is 0.337 e. The highest BCUT2D eigenvalue weighted by atomic mass is 16.5. The van der Waals surface area contributed by atoms with E-state index in [0.29, 0.717) is 33.8 Å². The summed E-state index contributed by atoms with van der Waals surface area (Å²) in [5, 5.41) is 15.4.